The van der Waals surface area contributed by atoms with Gasteiger partial charge < -0.3 is 9.42 Å². The largest absolute Gasteiger partial charge is 0.339 e. The summed E-state index contributed by atoms with van der Waals surface area (Å²) in [5.41, 5.74) is 1.11. The number of piperidine rings is 1. The fraction of sp³-hybridized carbons (Fsp3) is 0.318. The Balaban J connectivity index is 1.38. The van der Waals surface area contributed by atoms with Crippen LogP contribution in [0.25, 0.3) is 11.4 Å². The zero-order chi connectivity index (χ0) is 22.7. The highest BCUT2D eigenvalue weighted by Gasteiger charge is 2.28. The van der Waals surface area contributed by atoms with Crippen LogP contribution in [-0.2, 0) is 4.79 Å². The van der Waals surface area contributed by atoms with E-state index < -0.39 is 4.92 Å². The number of likely N-dealkylation sites (tertiary alicyclic amines) is 1. The number of anilines is 1. The molecule has 0 saturated carbocycles. The van der Waals surface area contributed by atoms with Gasteiger partial charge in [0.15, 0.2) is 0 Å². The number of benzene rings is 2. The first-order chi connectivity index (χ1) is 15.4. The van der Waals surface area contributed by atoms with Crippen LogP contribution in [0, 0.1) is 15.9 Å². The summed E-state index contributed by atoms with van der Waals surface area (Å²) in [6.07, 6.45) is 1.73. The number of nitro benzene ring substituents is 1. The number of likely N-dealkylation sites (N-methyl/N-ethyl adjacent to an activating group) is 1. The Hall–Kier alpha value is -3.66. The van der Waals surface area contributed by atoms with E-state index in [1.807, 2.05) is 4.90 Å². The van der Waals surface area contributed by atoms with Gasteiger partial charge in [-0.3, -0.25) is 19.8 Å². The lowest BCUT2D eigenvalue weighted by atomic mass is 9.98. The van der Waals surface area contributed by atoms with E-state index in [9.17, 15) is 19.3 Å². The summed E-state index contributed by atoms with van der Waals surface area (Å²) in [5.74, 6) is 0.311. The van der Waals surface area contributed by atoms with Gasteiger partial charge in [0.2, 0.25) is 17.6 Å². The second-order valence-electron chi connectivity index (χ2n) is 7.77. The van der Waals surface area contributed by atoms with Crippen LogP contribution in [0.4, 0.5) is 15.8 Å². The van der Waals surface area contributed by atoms with Crippen molar-refractivity contribution in [2.45, 2.75) is 18.8 Å². The van der Waals surface area contributed by atoms with E-state index in [1.165, 1.54) is 29.2 Å². The number of rotatable bonds is 6. The lowest BCUT2D eigenvalue weighted by molar-refractivity contribution is -0.384. The van der Waals surface area contributed by atoms with E-state index in [0.717, 1.165) is 19.4 Å². The predicted molar refractivity (Wildman–Crippen MR) is 115 cm³/mol. The molecule has 1 saturated heterocycles. The summed E-state index contributed by atoms with van der Waals surface area (Å²) in [6.45, 7) is 1.56. The fourth-order valence-corrected chi connectivity index (χ4v) is 3.79. The zero-order valence-corrected chi connectivity index (χ0v) is 17.5. The Kier molecular flexibility index (Phi) is 6.22. The smallest absolute Gasteiger partial charge is 0.269 e. The molecule has 2 heterocycles. The number of carbonyl (C=O) groups is 1. The summed E-state index contributed by atoms with van der Waals surface area (Å²) < 4.78 is 18.9. The van der Waals surface area contributed by atoms with Crippen LogP contribution in [0.1, 0.15) is 24.7 Å². The highest BCUT2D eigenvalue weighted by Crippen LogP contribution is 2.28. The maximum Gasteiger partial charge on any atom is 0.269 e. The number of amides is 1. The first kappa shape index (κ1) is 21.6. The Morgan fingerprint density at radius 2 is 2.09 bits per heavy atom. The highest BCUT2D eigenvalue weighted by molar-refractivity contribution is 5.94. The Morgan fingerprint density at radius 3 is 2.81 bits per heavy atom. The van der Waals surface area contributed by atoms with Gasteiger partial charge in [-0.15, -0.1) is 0 Å². The molecule has 10 heteroatoms. The van der Waals surface area contributed by atoms with Crippen molar-refractivity contribution in [3.05, 3.63) is 70.4 Å². The van der Waals surface area contributed by atoms with Crippen molar-refractivity contribution in [1.29, 1.82) is 0 Å². The molecule has 1 atom stereocenters. The summed E-state index contributed by atoms with van der Waals surface area (Å²) in [5, 5.41) is 14.8. The minimum absolute atomic E-state index is 0.0176. The minimum Gasteiger partial charge on any atom is -0.339 e. The van der Waals surface area contributed by atoms with Crippen LogP contribution < -0.4 is 4.90 Å². The second kappa shape index (κ2) is 9.23. The molecule has 0 aliphatic carbocycles. The van der Waals surface area contributed by atoms with E-state index in [2.05, 4.69) is 10.1 Å². The summed E-state index contributed by atoms with van der Waals surface area (Å²) in [4.78, 5) is 31.1. The number of non-ortho nitro benzene ring substituents is 1. The van der Waals surface area contributed by atoms with Crippen molar-refractivity contribution in [2.75, 3.05) is 31.6 Å². The SMILES string of the molecule is CN(C(=O)CN1CCCC(c2nc(-c3cccc(F)c3)no2)C1)c1ccc([N+](=O)[O-])cc1. The number of halogens is 1. The first-order valence-corrected chi connectivity index (χ1v) is 10.2. The summed E-state index contributed by atoms with van der Waals surface area (Å²) in [6, 6.07) is 11.9. The minimum atomic E-state index is -0.475. The standard InChI is InChI=1S/C22H22FN5O4/c1-26(18-7-9-19(10-8-18)28(30)31)20(29)14-27-11-3-5-16(13-27)22-24-21(25-32-22)15-4-2-6-17(23)12-15/h2,4,6-10,12,16H,3,5,11,13-14H2,1H3. The molecule has 1 unspecified atom stereocenters. The van der Waals surface area contributed by atoms with Crippen molar-refractivity contribution < 1.29 is 18.6 Å². The molecule has 9 nitrogen and oxygen atoms in total. The number of carbonyl (C=O) groups excluding carboxylic acids is 1. The Morgan fingerprint density at radius 1 is 1.31 bits per heavy atom. The second-order valence-corrected chi connectivity index (χ2v) is 7.77. The maximum absolute atomic E-state index is 13.5. The molecule has 2 aromatic carbocycles. The average Bonchev–Trinajstić information content (AvgIpc) is 3.29. The van der Waals surface area contributed by atoms with E-state index in [0.29, 0.717) is 29.5 Å². The third-order valence-electron chi connectivity index (χ3n) is 5.56. The van der Waals surface area contributed by atoms with Crippen molar-refractivity contribution >= 4 is 17.3 Å². The molecule has 32 heavy (non-hydrogen) atoms. The van der Waals surface area contributed by atoms with Crippen LogP contribution >= 0.6 is 0 Å². The normalized spacial score (nSPS) is 16.6. The number of nitro groups is 1. The molecule has 0 radical (unpaired) electrons. The van der Waals surface area contributed by atoms with Crippen molar-refractivity contribution in [2.24, 2.45) is 0 Å². The molecule has 1 fully saturated rings. The van der Waals surface area contributed by atoms with Crippen LogP contribution in [0.3, 0.4) is 0 Å². The molecule has 4 rings (SSSR count). The van der Waals surface area contributed by atoms with Gasteiger partial charge in [0.05, 0.1) is 17.4 Å². The molecular formula is C22H22FN5O4. The van der Waals surface area contributed by atoms with Gasteiger partial charge in [-0.25, -0.2) is 4.39 Å². The van der Waals surface area contributed by atoms with Crippen LogP contribution in [0.2, 0.25) is 0 Å². The van der Waals surface area contributed by atoms with E-state index in [1.54, 1.807) is 31.3 Å². The van der Waals surface area contributed by atoms with Crippen LogP contribution in [0.15, 0.2) is 53.1 Å². The van der Waals surface area contributed by atoms with Crippen molar-refractivity contribution in [3.8, 4) is 11.4 Å². The van der Waals surface area contributed by atoms with Gasteiger partial charge in [0.25, 0.3) is 5.69 Å². The quantitative estimate of drug-likeness (QED) is 0.427. The molecule has 166 valence electrons. The van der Waals surface area contributed by atoms with Gasteiger partial charge in [-0.2, -0.15) is 4.98 Å². The van der Waals surface area contributed by atoms with Crippen molar-refractivity contribution in [3.63, 3.8) is 0 Å². The molecule has 0 spiro atoms. The summed E-state index contributed by atoms with van der Waals surface area (Å²) in [7, 11) is 1.65. The van der Waals surface area contributed by atoms with Gasteiger partial charge in [0, 0.05) is 37.0 Å². The molecule has 0 bridgehead atoms. The Labute approximate surface area is 183 Å². The topological polar surface area (TPSA) is 106 Å². The van der Waals surface area contributed by atoms with Crippen LogP contribution in [0.5, 0.6) is 0 Å². The highest BCUT2D eigenvalue weighted by atomic mass is 19.1. The monoisotopic (exact) mass is 439 g/mol. The maximum atomic E-state index is 13.5. The third kappa shape index (κ3) is 4.80. The first-order valence-electron chi connectivity index (χ1n) is 10.2. The van der Waals surface area contributed by atoms with Crippen molar-refractivity contribution in [1.82, 2.24) is 15.0 Å². The number of hydrogen-bond donors (Lipinski definition) is 0. The van der Waals surface area contributed by atoms with Gasteiger partial charge in [-0.05, 0) is 43.7 Å². The van der Waals surface area contributed by atoms with E-state index in [4.69, 9.17) is 4.52 Å². The molecule has 1 aliphatic rings. The number of aromatic nitrogens is 2. The molecule has 1 amide bonds. The lowest BCUT2D eigenvalue weighted by Crippen LogP contribution is -2.42. The summed E-state index contributed by atoms with van der Waals surface area (Å²) >= 11 is 0. The predicted octanol–water partition coefficient (Wildman–Crippen LogP) is 3.63. The number of nitrogens with zero attached hydrogens (tertiary/aromatic N) is 5. The molecular weight excluding hydrogens is 417 g/mol. The molecule has 1 aliphatic heterocycles. The fourth-order valence-electron chi connectivity index (χ4n) is 3.79. The van der Waals surface area contributed by atoms with E-state index in [-0.39, 0.29) is 29.9 Å². The van der Waals surface area contributed by atoms with Gasteiger partial charge in [0.1, 0.15) is 5.82 Å². The lowest BCUT2D eigenvalue weighted by Gasteiger charge is -2.31. The molecule has 0 N–H and O–H groups in total. The molecule has 3 aromatic rings. The van der Waals surface area contributed by atoms with E-state index >= 15 is 0 Å². The number of hydrogen-bond acceptors (Lipinski definition) is 7. The van der Waals surface area contributed by atoms with Gasteiger partial charge in [-0.1, -0.05) is 17.3 Å². The third-order valence-corrected chi connectivity index (χ3v) is 5.56. The Bertz CT molecular complexity index is 1120. The average molecular weight is 439 g/mol. The zero-order valence-electron chi connectivity index (χ0n) is 17.5. The van der Waals surface area contributed by atoms with Crippen LogP contribution in [-0.4, -0.2) is 52.6 Å². The van der Waals surface area contributed by atoms with Gasteiger partial charge >= 0.3 is 0 Å². The molecule has 1 aromatic heterocycles.